The molecule has 0 saturated heterocycles. The molecule has 0 unspecified atom stereocenters. The number of hydrogen-bond acceptors (Lipinski definition) is 2. The van der Waals surface area contributed by atoms with E-state index < -0.39 is 0 Å². The van der Waals surface area contributed by atoms with Gasteiger partial charge in [-0.05, 0) is 11.6 Å². The van der Waals surface area contributed by atoms with Gasteiger partial charge in [0.05, 0.1) is 24.5 Å². The van der Waals surface area contributed by atoms with Crippen molar-refractivity contribution < 1.29 is 14.1 Å². The van der Waals surface area contributed by atoms with E-state index >= 15 is 0 Å². The van der Waals surface area contributed by atoms with Crippen molar-refractivity contribution in [2.24, 2.45) is 0 Å². The molecule has 0 saturated carbocycles. The SMILES string of the molecule is Oc1cc(-c2ccoc2)c2[n+](c1)Cc1ccccc1C2. The molecule has 0 amide bonds. The fourth-order valence-corrected chi connectivity index (χ4v) is 2.91. The minimum atomic E-state index is 0.282. The summed E-state index contributed by atoms with van der Waals surface area (Å²) in [6.07, 6.45) is 6.05. The van der Waals surface area contributed by atoms with E-state index in [1.165, 1.54) is 16.8 Å². The van der Waals surface area contributed by atoms with E-state index in [0.29, 0.717) is 0 Å². The lowest BCUT2D eigenvalue weighted by atomic mass is 9.94. The molecule has 20 heavy (non-hydrogen) atoms. The van der Waals surface area contributed by atoms with Gasteiger partial charge in [0.1, 0.15) is 0 Å². The summed E-state index contributed by atoms with van der Waals surface area (Å²) in [7, 11) is 0. The zero-order chi connectivity index (χ0) is 13.5. The van der Waals surface area contributed by atoms with Crippen LogP contribution in [0.25, 0.3) is 11.1 Å². The Hall–Kier alpha value is -2.55. The molecule has 0 spiro atoms. The number of hydrogen-bond donors (Lipinski definition) is 1. The summed E-state index contributed by atoms with van der Waals surface area (Å²) in [4.78, 5) is 0. The van der Waals surface area contributed by atoms with Crippen LogP contribution in [0.3, 0.4) is 0 Å². The second kappa shape index (κ2) is 4.23. The lowest BCUT2D eigenvalue weighted by Gasteiger charge is -2.16. The quantitative estimate of drug-likeness (QED) is 0.537. The zero-order valence-electron chi connectivity index (χ0n) is 10.9. The topological polar surface area (TPSA) is 37.3 Å². The van der Waals surface area contributed by atoms with Crippen molar-refractivity contribution in [1.29, 1.82) is 0 Å². The molecule has 3 heteroatoms. The van der Waals surface area contributed by atoms with Gasteiger partial charge in [0.15, 0.2) is 18.0 Å². The van der Waals surface area contributed by atoms with Crippen LogP contribution in [0.1, 0.15) is 16.8 Å². The summed E-state index contributed by atoms with van der Waals surface area (Å²) in [5.41, 5.74) is 5.91. The lowest BCUT2D eigenvalue weighted by Crippen LogP contribution is -2.42. The average molecular weight is 264 g/mol. The molecule has 98 valence electrons. The zero-order valence-corrected chi connectivity index (χ0v) is 10.9. The Morgan fingerprint density at radius 2 is 1.95 bits per heavy atom. The number of nitrogens with zero attached hydrogens (tertiary/aromatic N) is 1. The Morgan fingerprint density at radius 1 is 1.10 bits per heavy atom. The second-order valence-electron chi connectivity index (χ2n) is 5.14. The van der Waals surface area contributed by atoms with Crippen LogP contribution in [0, 0.1) is 0 Å². The summed E-state index contributed by atoms with van der Waals surface area (Å²) < 4.78 is 7.30. The van der Waals surface area contributed by atoms with Gasteiger partial charge in [0.2, 0.25) is 6.20 Å². The van der Waals surface area contributed by atoms with Gasteiger partial charge < -0.3 is 9.52 Å². The van der Waals surface area contributed by atoms with E-state index in [0.717, 1.165) is 24.1 Å². The highest BCUT2D eigenvalue weighted by atomic mass is 16.3. The number of aromatic hydroxyl groups is 1. The predicted octanol–water partition coefficient (Wildman–Crippen LogP) is 2.89. The Kier molecular flexibility index (Phi) is 2.39. The van der Waals surface area contributed by atoms with E-state index in [1.807, 2.05) is 12.1 Å². The highest BCUT2D eigenvalue weighted by Gasteiger charge is 2.26. The molecule has 4 rings (SSSR count). The van der Waals surface area contributed by atoms with Gasteiger partial charge in [0.25, 0.3) is 0 Å². The normalized spacial score (nSPS) is 12.8. The van der Waals surface area contributed by atoms with Gasteiger partial charge in [-0.3, -0.25) is 0 Å². The summed E-state index contributed by atoms with van der Waals surface area (Å²) in [6.45, 7) is 0.796. The summed E-state index contributed by atoms with van der Waals surface area (Å²) in [5.74, 6) is 0.282. The highest BCUT2D eigenvalue weighted by molar-refractivity contribution is 5.65. The monoisotopic (exact) mass is 264 g/mol. The molecule has 0 aliphatic carbocycles. The molecule has 0 radical (unpaired) electrons. The minimum absolute atomic E-state index is 0.282. The first kappa shape index (κ1) is 11.3. The van der Waals surface area contributed by atoms with Crippen molar-refractivity contribution in [2.75, 3.05) is 0 Å². The van der Waals surface area contributed by atoms with E-state index in [4.69, 9.17) is 4.42 Å². The molecule has 1 aliphatic heterocycles. The molecule has 0 bridgehead atoms. The Balaban J connectivity index is 1.91. The molecule has 1 N–H and O–H groups in total. The molecule has 1 aliphatic rings. The molecular weight excluding hydrogens is 250 g/mol. The van der Waals surface area contributed by atoms with E-state index in [9.17, 15) is 5.11 Å². The van der Waals surface area contributed by atoms with Crippen molar-refractivity contribution >= 4 is 0 Å². The standard InChI is InChI=1S/C17H13NO2/c19-15-8-16(14-5-6-20-11-14)17-7-12-3-1-2-4-13(12)9-18(17)10-15/h1-6,8,10-11H,7,9H2/p+1. The van der Waals surface area contributed by atoms with E-state index in [2.05, 4.69) is 28.8 Å². The molecule has 0 fully saturated rings. The van der Waals surface area contributed by atoms with Crippen LogP contribution in [0.15, 0.2) is 59.5 Å². The summed E-state index contributed by atoms with van der Waals surface area (Å²) in [6, 6.07) is 12.2. The van der Waals surface area contributed by atoms with E-state index in [-0.39, 0.29) is 5.75 Å². The summed E-state index contributed by atoms with van der Waals surface area (Å²) in [5, 5.41) is 9.96. The van der Waals surface area contributed by atoms with Gasteiger partial charge >= 0.3 is 0 Å². The van der Waals surface area contributed by atoms with Crippen LogP contribution < -0.4 is 4.57 Å². The third-order valence-corrected chi connectivity index (χ3v) is 3.89. The first-order valence-electron chi connectivity index (χ1n) is 6.66. The van der Waals surface area contributed by atoms with Gasteiger partial charge in [-0.2, -0.15) is 4.57 Å². The van der Waals surface area contributed by atoms with Gasteiger partial charge in [0, 0.05) is 17.2 Å². The second-order valence-corrected chi connectivity index (χ2v) is 5.14. The predicted molar refractivity (Wildman–Crippen MR) is 74.4 cm³/mol. The molecule has 3 nitrogen and oxygen atoms in total. The maximum atomic E-state index is 9.96. The van der Waals surface area contributed by atoms with Crippen LogP contribution >= 0.6 is 0 Å². The van der Waals surface area contributed by atoms with Crippen LogP contribution in [-0.4, -0.2) is 5.11 Å². The third-order valence-electron chi connectivity index (χ3n) is 3.89. The maximum absolute atomic E-state index is 9.96. The minimum Gasteiger partial charge on any atom is -0.503 e. The third kappa shape index (κ3) is 1.71. The fourth-order valence-electron chi connectivity index (χ4n) is 2.91. The number of benzene rings is 1. The number of fused-ring (bicyclic) bond motifs is 2. The first-order valence-corrected chi connectivity index (χ1v) is 6.66. The first-order chi connectivity index (χ1) is 9.81. The van der Waals surface area contributed by atoms with Crippen molar-refractivity contribution in [3.8, 4) is 16.9 Å². The molecular formula is C17H14NO2+. The molecule has 1 aromatic carbocycles. The number of furan rings is 1. The van der Waals surface area contributed by atoms with Crippen LogP contribution in [-0.2, 0) is 13.0 Å². The number of aromatic nitrogens is 1. The van der Waals surface area contributed by atoms with Crippen molar-refractivity contribution in [3.05, 3.63) is 71.9 Å². The largest absolute Gasteiger partial charge is 0.503 e. The van der Waals surface area contributed by atoms with Crippen molar-refractivity contribution in [2.45, 2.75) is 13.0 Å². The van der Waals surface area contributed by atoms with Gasteiger partial charge in [-0.25, -0.2) is 0 Å². The summed E-state index contributed by atoms with van der Waals surface area (Å²) >= 11 is 0. The lowest BCUT2D eigenvalue weighted by molar-refractivity contribution is -0.697. The van der Waals surface area contributed by atoms with Crippen LogP contribution in [0.2, 0.25) is 0 Å². The Morgan fingerprint density at radius 3 is 2.75 bits per heavy atom. The van der Waals surface area contributed by atoms with Crippen LogP contribution in [0.4, 0.5) is 0 Å². The van der Waals surface area contributed by atoms with Gasteiger partial charge in [-0.1, -0.05) is 24.3 Å². The Labute approximate surface area is 116 Å². The molecule has 2 aromatic heterocycles. The van der Waals surface area contributed by atoms with Gasteiger partial charge in [-0.15, -0.1) is 0 Å². The Bertz CT molecular complexity index is 776. The maximum Gasteiger partial charge on any atom is 0.211 e. The average Bonchev–Trinajstić information content (AvgIpc) is 2.98. The fraction of sp³-hybridized carbons (Fsp3) is 0.118. The highest BCUT2D eigenvalue weighted by Crippen LogP contribution is 2.29. The molecule has 0 atom stereocenters. The molecule has 3 heterocycles. The van der Waals surface area contributed by atoms with Crippen LogP contribution in [0.5, 0.6) is 5.75 Å². The van der Waals surface area contributed by atoms with E-state index in [1.54, 1.807) is 18.7 Å². The van der Waals surface area contributed by atoms with Crippen molar-refractivity contribution in [1.82, 2.24) is 0 Å². The smallest absolute Gasteiger partial charge is 0.211 e. The number of rotatable bonds is 1. The molecule has 3 aromatic rings. The number of pyridine rings is 1. The van der Waals surface area contributed by atoms with Crippen molar-refractivity contribution in [3.63, 3.8) is 0 Å².